The number of ether oxygens (including phenoxy) is 2. The first-order valence-electron chi connectivity index (χ1n) is 10.1. The molecule has 0 heterocycles. The van der Waals surface area contributed by atoms with Crippen LogP contribution < -0.4 is 14.2 Å². The third-order valence-electron chi connectivity index (χ3n) is 4.60. The molecule has 3 rings (SSSR count). The predicted octanol–water partition coefficient (Wildman–Crippen LogP) is 4.27. The molecular weight excluding hydrogens is 430 g/mol. The zero-order chi connectivity index (χ0) is 23.0. The maximum Gasteiger partial charge on any atom is 0.303 e. The highest BCUT2D eigenvalue weighted by Crippen LogP contribution is 2.21. The van der Waals surface area contributed by atoms with Crippen molar-refractivity contribution in [2.24, 2.45) is 0 Å². The maximum atomic E-state index is 12.5. The molecular formula is C24H25NO6S. The van der Waals surface area contributed by atoms with Gasteiger partial charge in [-0.2, -0.15) is 0 Å². The van der Waals surface area contributed by atoms with E-state index in [1.54, 1.807) is 48.5 Å². The lowest BCUT2D eigenvalue weighted by molar-refractivity contribution is -0.136. The van der Waals surface area contributed by atoms with E-state index in [1.165, 1.54) is 0 Å². The Bertz CT molecular complexity index is 1160. The van der Waals surface area contributed by atoms with Gasteiger partial charge in [-0.3, -0.25) is 9.52 Å². The number of benzene rings is 3. The number of sulfonamides is 1. The van der Waals surface area contributed by atoms with Crippen molar-refractivity contribution in [1.29, 1.82) is 0 Å². The molecule has 2 N–H and O–H groups in total. The molecule has 0 atom stereocenters. The van der Waals surface area contributed by atoms with Gasteiger partial charge in [-0.1, -0.05) is 30.3 Å². The van der Waals surface area contributed by atoms with E-state index in [-0.39, 0.29) is 24.5 Å². The summed E-state index contributed by atoms with van der Waals surface area (Å²) in [7, 11) is -3.66. The van der Waals surface area contributed by atoms with Crippen molar-refractivity contribution in [1.82, 2.24) is 0 Å². The van der Waals surface area contributed by atoms with Crippen molar-refractivity contribution in [2.45, 2.75) is 24.7 Å². The van der Waals surface area contributed by atoms with Crippen LogP contribution in [0.5, 0.6) is 11.5 Å². The third-order valence-corrected chi connectivity index (χ3v) is 5.98. The Balaban J connectivity index is 1.50. The molecule has 0 aromatic heterocycles. The van der Waals surface area contributed by atoms with Crippen molar-refractivity contribution >= 4 is 21.7 Å². The zero-order valence-electron chi connectivity index (χ0n) is 17.7. The molecule has 3 aromatic carbocycles. The van der Waals surface area contributed by atoms with Gasteiger partial charge in [0.1, 0.15) is 24.7 Å². The molecule has 0 fully saturated rings. The van der Waals surface area contributed by atoms with Gasteiger partial charge in [0.2, 0.25) is 0 Å². The number of aryl methyl sites for hydroxylation is 2. The third kappa shape index (κ3) is 6.75. The monoisotopic (exact) mass is 455 g/mol. The van der Waals surface area contributed by atoms with E-state index in [0.29, 0.717) is 23.6 Å². The van der Waals surface area contributed by atoms with E-state index in [1.807, 2.05) is 31.2 Å². The van der Waals surface area contributed by atoms with Gasteiger partial charge in [0.15, 0.2) is 0 Å². The van der Waals surface area contributed by atoms with Gasteiger partial charge in [-0.05, 0) is 66.9 Å². The first kappa shape index (κ1) is 23.1. The summed E-state index contributed by atoms with van der Waals surface area (Å²) in [5.41, 5.74) is 2.13. The predicted molar refractivity (Wildman–Crippen MR) is 122 cm³/mol. The number of carbonyl (C=O) groups is 1. The van der Waals surface area contributed by atoms with Gasteiger partial charge in [0, 0.05) is 12.1 Å². The topological polar surface area (TPSA) is 102 Å². The van der Waals surface area contributed by atoms with Crippen LogP contribution in [0.1, 0.15) is 17.5 Å². The van der Waals surface area contributed by atoms with Crippen LogP contribution in [0.4, 0.5) is 5.69 Å². The van der Waals surface area contributed by atoms with E-state index < -0.39 is 16.0 Å². The molecule has 0 saturated heterocycles. The van der Waals surface area contributed by atoms with Crippen LogP contribution in [0.2, 0.25) is 0 Å². The highest BCUT2D eigenvalue weighted by Gasteiger charge is 2.14. The molecule has 168 valence electrons. The Morgan fingerprint density at radius 1 is 0.938 bits per heavy atom. The van der Waals surface area contributed by atoms with Crippen molar-refractivity contribution < 1.29 is 27.8 Å². The molecule has 8 heteroatoms. The van der Waals surface area contributed by atoms with Gasteiger partial charge in [0.25, 0.3) is 10.0 Å². The van der Waals surface area contributed by atoms with Crippen LogP contribution in [0.25, 0.3) is 0 Å². The normalized spacial score (nSPS) is 11.0. The molecule has 0 aliphatic heterocycles. The first-order chi connectivity index (χ1) is 15.3. The summed E-state index contributed by atoms with van der Waals surface area (Å²) in [4.78, 5) is 11.0. The van der Waals surface area contributed by atoms with E-state index in [9.17, 15) is 13.2 Å². The Hall–Kier alpha value is -3.52. The van der Waals surface area contributed by atoms with Crippen LogP contribution >= 0.6 is 0 Å². The van der Waals surface area contributed by atoms with Crippen LogP contribution in [-0.2, 0) is 21.2 Å². The minimum absolute atomic E-state index is 0.0385. The van der Waals surface area contributed by atoms with Crippen LogP contribution in [0, 0.1) is 6.92 Å². The van der Waals surface area contributed by atoms with Gasteiger partial charge < -0.3 is 14.6 Å². The number of hydrogen-bond acceptors (Lipinski definition) is 5. The van der Waals surface area contributed by atoms with E-state index in [0.717, 1.165) is 11.1 Å². The Morgan fingerprint density at radius 3 is 2.38 bits per heavy atom. The molecule has 0 bridgehead atoms. The highest BCUT2D eigenvalue weighted by atomic mass is 32.2. The lowest BCUT2D eigenvalue weighted by Crippen LogP contribution is -2.13. The Kier molecular flexibility index (Phi) is 7.72. The summed E-state index contributed by atoms with van der Waals surface area (Å²) >= 11 is 0. The lowest BCUT2D eigenvalue weighted by Gasteiger charge is -2.12. The van der Waals surface area contributed by atoms with Gasteiger partial charge >= 0.3 is 5.97 Å². The number of anilines is 1. The molecule has 7 nitrogen and oxygen atoms in total. The SMILES string of the molecule is Cc1cccc(S(=O)(=O)Nc2ccc(OCCOc3ccccc3CCC(=O)O)cc2)c1. The molecule has 0 amide bonds. The lowest BCUT2D eigenvalue weighted by atomic mass is 10.1. The molecule has 0 aliphatic carbocycles. The average Bonchev–Trinajstić information content (AvgIpc) is 2.77. The smallest absolute Gasteiger partial charge is 0.303 e. The second kappa shape index (κ2) is 10.7. The minimum atomic E-state index is -3.66. The first-order valence-corrected chi connectivity index (χ1v) is 11.6. The molecule has 0 spiro atoms. The summed E-state index contributed by atoms with van der Waals surface area (Å²) in [6.07, 6.45) is 0.434. The number of para-hydroxylation sites is 1. The van der Waals surface area contributed by atoms with Crippen molar-refractivity contribution in [3.8, 4) is 11.5 Å². The number of carboxylic acids is 1. The summed E-state index contributed by atoms with van der Waals surface area (Å²) in [6, 6.07) is 20.6. The summed E-state index contributed by atoms with van der Waals surface area (Å²) in [5, 5.41) is 8.86. The van der Waals surface area contributed by atoms with Gasteiger partial charge in [0.05, 0.1) is 4.90 Å². The van der Waals surface area contributed by atoms with Gasteiger partial charge in [-0.25, -0.2) is 8.42 Å². The fourth-order valence-corrected chi connectivity index (χ4v) is 4.18. The summed E-state index contributed by atoms with van der Waals surface area (Å²) < 4.78 is 38.9. The molecule has 0 radical (unpaired) electrons. The molecule has 3 aromatic rings. The Morgan fingerprint density at radius 2 is 1.66 bits per heavy atom. The standard InChI is InChI=1S/C24H25NO6S/c1-18-5-4-7-22(17-18)32(28,29)25-20-10-12-21(13-11-20)30-15-16-31-23-8-3-2-6-19(23)9-14-24(26)27/h2-8,10-13,17,25H,9,14-16H2,1H3,(H,26,27). The number of nitrogens with one attached hydrogen (secondary N) is 1. The number of aliphatic carboxylic acids is 1. The molecule has 0 unspecified atom stereocenters. The maximum absolute atomic E-state index is 12.5. The number of rotatable bonds is 11. The van der Waals surface area contributed by atoms with Crippen LogP contribution in [-0.4, -0.2) is 32.7 Å². The van der Waals surface area contributed by atoms with Crippen molar-refractivity contribution in [3.05, 3.63) is 83.9 Å². The van der Waals surface area contributed by atoms with Crippen LogP contribution in [0.15, 0.2) is 77.7 Å². The van der Waals surface area contributed by atoms with E-state index in [4.69, 9.17) is 14.6 Å². The number of hydrogen-bond donors (Lipinski definition) is 2. The zero-order valence-corrected chi connectivity index (χ0v) is 18.5. The minimum Gasteiger partial charge on any atom is -0.490 e. The second-order valence-electron chi connectivity index (χ2n) is 7.14. The molecule has 0 aliphatic rings. The average molecular weight is 456 g/mol. The quantitative estimate of drug-likeness (QED) is 0.419. The van der Waals surface area contributed by atoms with Crippen molar-refractivity contribution in [2.75, 3.05) is 17.9 Å². The van der Waals surface area contributed by atoms with Crippen LogP contribution in [0.3, 0.4) is 0 Å². The van der Waals surface area contributed by atoms with Gasteiger partial charge in [-0.15, -0.1) is 0 Å². The van der Waals surface area contributed by atoms with E-state index in [2.05, 4.69) is 4.72 Å². The number of carboxylic acid groups (broad SMARTS) is 1. The fraction of sp³-hybridized carbons (Fsp3) is 0.208. The highest BCUT2D eigenvalue weighted by molar-refractivity contribution is 7.92. The molecule has 0 saturated carbocycles. The Labute approximate surface area is 187 Å². The largest absolute Gasteiger partial charge is 0.490 e. The molecule has 32 heavy (non-hydrogen) atoms. The second-order valence-corrected chi connectivity index (χ2v) is 8.83. The summed E-state index contributed by atoms with van der Waals surface area (Å²) in [6.45, 7) is 2.40. The van der Waals surface area contributed by atoms with E-state index >= 15 is 0 Å². The fourth-order valence-electron chi connectivity index (χ4n) is 3.02. The summed E-state index contributed by atoms with van der Waals surface area (Å²) in [5.74, 6) is 0.359. The van der Waals surface area contributed by atoms with Crippen molar-refractivity contribution in [3.63, 3.8) is 0 Å².